The van der Waals surface area contributed by atoms with Gasteiger partial charge in [-0.25, -0.2) is 14.8 Å². The van der Waals surface area contributed by atoms with Gasteiger partial charge in [0, 0.05) is 38.6 Å². The third kappa shape index (κ3) is 4.03. The van der Waals surface area contributed by atoms with Crippen molar-refractivity contribution in [2.75, 3.05) is 37.7 Å². The van der Waals surface area contributed by atoms with E-state index in [9.17, 15) is 14.7 Å². The van der Waals surface area contributed by atoms with Crippen molar-refractivity contribution in [1.82, 2.24) is 14.9 Å². The lowest BCUT2D eigenvalue weighted by molar-refractivity contribution is -0.134. The lowest BCUT2D eigenvalue weighted by Crippen LogP contribution is -2.50. The van der Waals surface area contributed by atoms with Gasteiger partial charge in [0.2, 0.25) is 5.95 Å². The van der Waals surface area contributed by atoms with E-state index >= 15 is 0 Å². The zero-order chi connectivity index (χ0) is 17.6. The quantitative estimate of drug-likeness (QED) is 0.817. The van der Waals surface area contributed by atoms with Gasteiger partial charge in [-0.2, -0.15) is 0 Å². The van der Waals surface area contributed by atoms with Crippen LogP contribution >= 0.6 is 0 Å². The number of para-hydroxylation sites is 1. The monoisotopic (exact) mass is 342 g/mol. The molecule has 2 heterocycles. The van der Waals surface area contributed by atoms with E-state index in [0.29, 0.717) is 32.1 Å². The van der Waals surface area contributed by atoms with Gasteiger partial charge in [-0.3, -0.25) is 4.79 Å². The van der Waals surface area contributed by atoms with Crippen molar-refractivity contribution in [3.8, 4) is 5.75 Å². The fourth-order valence-electron chi connectivity index (χ4n) is 2.55. The number of aromatic hydroxyl groups is 1. The molecule has 0 bridgehead atoms. The number of benzene rings is 1. The van der Waals surface area contributed by atoms with Crippen molar-refractivity contribution in [3.05, 3.63) is 48.3 Å². The summed E-state index contributed by atoms with van der Waals surface area (Å²) in [4.78, 5) is 36.1. The maximum atomic E-state index is 12.2. The zero-order valence-electron chi connectivity index (χ0n) is 13.5. The molecule has 0 atom stereocenters. The standard InChI is InChI=1S/C17H18N4O4/c22-14-5-2-1-4-13(14)16(24)25-12-15(23)20-8-10-21(11-9-20)17-18-6-3-7-19-17/h1-7,22H,8-12H2. The summed E-state index contributed by atoms with van der Waals surface area (Å²) < 4.78 is 5.01. The summed E-state index contributed by atoms with van der Waals surface area (Å²) in [6.45, 7) is 1.89. The Hall–Kier alpha value is -3.16. The maximum Gasteiger partial charge on any atom is 0.342 e. The summed E-state index contributed by atoms with van der Waals surface area (Å²) in [5.41, 5.74) is 0.0429. The molecule has 0 spiro atoms. The van der Waals surface area contributed by atoms with Crippen LogP contribution in [0.2, 0.25) is 0 Å². The van der Waals surface area contributed by atoms with Gasteiger partial charge in [0.1, 0.15) is 11.3 Å². The Kier molecular flexibility index (Phi) is 5.08. The van der Waals surface area contributed by atoms with Gasteiger partial charge in [0.15, 0.2) is 6.61 Å². The highest BCUT2D eigenvalue weighted by Crippen LogP contribution is 2.16. The molecule has 8 nitrogen and oxygen atoms in total. The second-order valence-electron chi connectivity index (χ2n) is 5.51. The minimum Gasteiger partial charge on any atom is -0.507 e. The molecule has 25 heavy (non-hydrogen) atoms. The SMILES string of the molecule is O=C(OCC(=O)N1CCN(c2ncccn2)CC1)c1ccccc1O. The Morgan fingerprint density at radius 3 is 2.40 bits per heavy atom. The lowest BCUT2D eigenvalue weighted by atomic mass is 10.2. The Bertz CT molecular complexity index is 745. The number of amides is 1. The van der Waals surface area contributed by atoms with Crippen molar-refractivity contribution in [2.24, 2.45) is 0 Å². The number of phenols is 1. The van der Waals surface area contributed by atoms with Crippen LogP contribution in [0.1, 0.15) is 10.4 Å². The first kappa shape index (κ1) is 16.7. The van der Waals surface area contributed by atoms with E-state index in [1.807, 2.05) is 4.90 Å². The smallest absolute Gasteiger partial charge is 0.342 e. The molecular formula is C17H18N4O4. The Balaban J connectivity index is 1.48. The van der Waals surface area contributed by atoms with Gasteiger partial charge in [0.25, 0.3) is 5.91 Å². The molecule has 1 aromatic heterocycles. The van der Waals surface area contributed by atoms with Gasteiger partial charge < -0.3 is 19.6 Å². The molecule has 3 rings (SSSR count). The fourth-order valence-corrected chi connectivity index (χ4v) is 2.55. The first-order valence-corrected chi connectivity index (χ1v) is 7.90. The minimum atomic E-state index is -0.720. The van der Waals surface area contributed by atoms with Crippen LogP contribution in [-0.4, -0.2) is 64.6 Å². The summed E-state index contributed by atoms with van der Waals surface area (Å²) in [5.74, 6) is -0.517. The first-order chi connectivity index (χ1) is 12.1. The number of nitrogens with zero attached hydrogens (tertiary/aromatic N) is 4. The van der Waals surface area contributed by atoms with E-state index < -0.39 is 5.97 Å². The molecule has 1 aromatic carbocycles. The van der Waals surface area contributed by atoms with Crippen molar-refractivity contribution >= 4 is 17.8 Å². The second-order valence-corrected chi connectivity index (χ2v) is 5.51. The van der Waals surface area contributed by atoms with E-state index in [-0.39, 0.29) is 23.8 Å². The van der Waals surface area contributed by atoms with Gasteiger partial charge in [-0.1, -0.05) is 12.1 Å². The summed E-state index contributed by atoms with van der Waals surface area (Å²) in [5, 5.41) is 9.62. The van der Waals surface area contributed by atoms with Gasteiger partial charge in [-0.05, 0) is 18.2 Å². The molecule has 1 aliphatic rings. The van der Waals surface area contributed by atoms with E-state index in [1.54, 1.807) is 35.5 Å². The normalized spacial score (nSPS) is 14.2. The van der Waals surface area contributed by atoms with Crippen LogP contribution in [0.3, 0.4) is 0 Å². The summed E-state index contributed by atoms with van der Waals surface area (Å²) >= 11 is 0. The number of rotatable bonds is 4. The molecule has 130 valence electrons. The molecule has 1 amide bonds. The van der Waals surface area contributed by atoms with Gasteiger partial charge in [-0.15, -0.1) is 0 Å². The number of esters is 1. The second kappa shape index (κ2) is 7.61. The van der Waals surface area contributed by atoms with Gasteiger partial charge in [0.05, 0.1) is 0 Å². The van der Waals surface area contributed by atoms with Crippen LogP contribution in [0, 0.1) is 0 Å². The fraction of sp³-hybridized carbons (Fsp3) is 0.294. The average molecular weight is 342 g/mol. The number of hydrogen-bond acceptors (Lipinski definition) is 7. The predicted octanol–water partition coefficient (Wildman–Crippen LogP) is 0.688. The van der Waals surface area contributed by atoms with Crippen LogP contribution in [0.15, 0.2) is 42.7 Å². The van der Waals surface area contributed by atoms with Crippen molar-refractivity contribution < 1.29 is 19.4 Å². The summed E-state index contributed by atoms with van der Waals surface area (Å²) in [6.07, 6.45) is 3.36. The molecular weight excluding hydrogens is 324 g/mol. The first-order valence-electron chi connectivity index (χ1n) is 7.90. The molecule has 0 saturated carbocycles. The lowest BCUT2D eigenvalue weighted by Gasteiger charge is -2.34. The number of hydrogen-bond donors (Lipinski definition) is 1. The van der Waals surface area contributed by atoms with Gasteiger partial charge >= 0.3 is 5.97 Å². The largest absolute Gasteiger partial charge is 0.507 e. The third-order valence-electron chi connectivity index (χ3n) is 3.92. The molecule has 0 unspecified atom stereocenters. The Morgan fingerprint density at radius 2 is 1.72 bits per heavy atom. The number of aromatic nitrogens is 2. The number of ether oxygens (including phenoxy) is 1. The maximum absolute atomic E-state index is 12.2. The van der Waals surface area contributed by atoms with E-state index in [0.717, 1.165) is 0 Å². The number of piperazine rings is 1. The van der Waals surface area contributed by atoms with Crippen LogP contribution in [-0.2, 0) is 9.53 Å². The topological polar surface area (TPSA) is 95.9 Å². The van der Waals surface area contributed by atoms with E-state index in [1.165, 1.54) is 12.1 Å². The van der Waals surface area contributed by atoms with Crippen molar-refractivity contribution in [2.45, 2.75) is 0 Å². The molecule has 1 N–H and O–H groups in total. The Labute approximate surface area is 144 Å². The highest BCUT2D eigenvalue weighted by atomic mass is 16.5. The summed E-state index contributed by atoms with van der Waals surface area (Å²) in [6, 6.07) is 7.81. The highest BCUT2D eigenvalue weighted by molar-refractivity contribution is 5.93. The van der Waals surface area contributed by atoms with Crippen molar-refractivity contribution in [3.63, 3.8) is 0 Å². The molecule has 2 aromatic rings. The molecule has 0 aliphatic carbocycles. The number of carbonyl (C=O) groups is 2. The molecule has 0 radical (unpaired) electrons. The molecule has 1 fully saturated rings. The number of carbonyl (C=O) groups excluding carboxylic acids is 2. The molecule has 8 heteroatoms. The predicted molar refractivity (Wildman–Crippen MR) is 89.2 cm³/mol. The Morgan fingerprint density at radius 1 is 1.04 bits per heavy atom. The van der Waals surface area contributed by atoms with Crippen molar-refractivity contribution in [1.29, 1.82) is 0 Å². The van der Waals surface area contributed by atoms with Crippen LogP contribution in [0.4, 0.5) is 5.95 Å². The molecule has 1 aliphatic heterocycles. The van der Waals surface area contributed by atoms with E-state index in [4.69, 9.17) is 4.74 Å². The van der Waals surface area contributed by atoms with Crippen LogP contribution in [0.25, 0.3) is 0 Å². The average Bonchev–Trinajstić information content (AvgIpc) is 2.67. The summed E-state index contributed by atoms with van der Waals surface area (Å²) in [7, 11) is 0. The van der Waals surface area contributed by atoms with Crippen LogP contribution in [0.5, 0.6) is 5.75 Å². The van der Waals surface area contributed by atoms with Crippen LogP contribution < -0.4 is 4.90 Å². The van der Waals surface area contributed by atoms with E-state index in [2.05, 4.69) is 9.97 Å². The molecule has 1 saturated heterocycles. The minimum absolute atomic E-state index is 0.0429. The number of anilines is 1. The number of phenolic OH excluding ortho intramolecular Hbond substituents is 1. The zero-order valence-corrected chi connectivity index (χ0v) is 13.5. The third-order valence-corrected chi connectivity index (χ3v) is 3.92. The highest BCUT2D eigenvalue weighted by Gasteiger charge is 2.23.